The van der Waals surface area contributed by atoms with Crippen LogP contribution in [-0.2, 0) is 0 Å². The van der Waals surface area contributed by atoms with Gasteiger partial charge in [0.05, 0.1) is 0 Å². The van der Waals surface area contributed by atoms with Crippen LogP contribution in [0, 0.1) is 5.92 Å². The van der Waals surface area contributed by atoms with Crippen LogP contribution in [0.4, 0.5) is 0 Å². The third-order valence-electron chi connectivity index (χ3n) is 4.89. The minimum absolute atomic E-state index is 0.330. The summed E-state index contributed by atoms with van der Waals surface area (Å²) in [4.78, 5) is 2.77. The molecule has 1 N–H and O–H groups in total. The monoisotopic (exact) mass is 254 g/mol. The van der Waals surface area contributed by atoms with Gasteiger partial charge in [-0.1, -0.05) is 47.0 Å². The maximum absolute atomic E-state index is 3.79. The van der Waals surface area contributed by atoms with Gasteiger partial charge in [-0.3, -0.25) is 4.90 Å². The molecule has 3 unspecified atom stereocenters. The predicted molar refractivity (Wildman–Crippen MR) is 81.0 cm³/mol. The van der Waals surface area contributed by atoms with Crippen LogP contribution in [0.5, 0.6) is 0 Å². The minimum atomic E-state index is 0.330. The summed E-state index contributed by atoms with van der Waals surface area (Å²) in [6, 6.07) is 0.742. The zero-order chi connectivity index (χ0) is 13.6. The maximum atomic E-state index is 3.79. The van der Waals surface area contributed by atoms with Crippen LogP contribution in [0.25, 0.3) is 0 Å². The maximum Gasteiger partial charge on any atom is 0.0278 e. The summed E-state index contributed by atoms with van der Waals surface area (Å²) in [5.74, 6) is 0.806. The van der Waals surface area contributed by atoms with Crippen molar-refractivity contribution < 1.29 is 0 Å². The summed E-state index contributed by atoms with van der Waals surface area (Å²) in [6.45, 7) is 15.4. The Hall–Kier alpha value is -0.0800. The van der Waals surface area contributed by atoms with Gasteiger partial charge in [-0.2, -0.15) is 0 Å². The van der Waals surface area contributed by atoms with Crippen molar-refractivity contribution in [1.82, 2.24) is 10.2 Å². The highest BCUT2D eigenvalue weighted by Crippen LogP contribution is 2.24. The zero-order valence-electron chi connectivity index (χ0n) is 13.3. The van der Waals surface area contributed by atoms with E-state index >= 15 is 0 Å². The third-order valence-corrected chi connectivity index (χ3v) is 4.89. The lowest BCUT2D eigenvalue weighted by Crippen LogP contribution is -2.64. The molecule has 0 radical (unpaired) electrons. The van der Waals surface area contributed by atoms with Crippen LogP contribution >= 0.6 is 0 Å². The topological polar surface area (TPSA) is 15.3 Å². The Morgan fingerprint density at radius 1 is 1.28 bits per heavy atom. The third kappa shape index (κ3) is 4.24. The molecule has 0 saturated carbocycles. The molecule has 0 aromatic rings. The number of nitrogens with one attached hydrogen (secondary N) is 1. The van der Waals surface area contributed by atoms with Crippen molar-refractivity contribution in [2.75, 3.05) is 19.6 Å². The molecule has 3 atom stereocenters. The van der Waals surface area contributed by atoms with Gasteiger partial charge in [-0.25, -0.2) is 0 Å². The van der Waals surface area contributed by atoms with Crippen molar-refractivity contribution in [2.24, 2.45) is 5.92 Å². The number of piperazine rings is 1. The fourth-order valence-electron chi connectivity index (χ4n) is 2.98. The lowest BCUT2D eigenvalue weighted by atomic mass is 9.88. The van der Waals surface area contributed by atoms with Gasteiger partial charge in [-0.05, 0) is 32.2 Å². The Labute approximate surface area is 115 Å². The average Bonchev–Trinajstić information content (AvgIpc) is 2.38. The fourth-order valence-corrected chi connectivity index (χ4v) is 2.98. The SMILES string of the molecule is CCCCCN1CC(C)(CC)NCC1C(C)CC. The summed E-state index contributed by atoms with van der Waals surface area (Å²) in [5, 5.41) is 3.79. The second-order valence-electron chi connectivity index (χ2n) is 6.43. The molecule has 1 heterocycles. The molecule has 0 aromatic heterocycles. The minimum Gasteiger partial charge on any atom is -0.309 e. The van der Waals surface area contributed by atoms with Crippen LogP contribution < -0.4 is 5.32 Å². The first-order valence-electron chi connectivity index (χ1n) is 8.05. The van der Waals surface area contributed by atoms with Crippen molar-refractivity contribution >= 4 is 0 Å². The second-order valence-corrected chi connectivity index (χ2v) is 6.43. The molecule has 0 aromatic carbocycles. The highest BCUT2D eigenvalue weighted by molar-refractivity contribution is 4.95. The van der Waals surface area contributed by atoms with Crippen LogP contribution in [0.1, 0.15) is 66.7 Å². The Morgan fingerprint density at radius 3 is 2.56 bits per heavy atom. The van der Waals surface area contributed by atoms with Crippen LogP contribution in [0.3, 0.4) is 0 Å². The smallest absolute Gasteiger partial charge is 0.0278 e. The van der Waals surface area contributed by atoms with E-state index in [2.05, 4.69) is 44.8 Å². The number of unbranched alkanes of at least 4 members (excludes halogenated alkanes) is 2. The first kappa shape index (κ1) is 16.0. The normalized spacial score (nSPS) is 31.5. The van der Waals surface area contributed by atoms with Gasteiger partial charge in [0.25, 0.3) is 0 Å². The van der Waals surface area contributed by atoms with Crippen LogP contribution in [-0.4, -0.2) is 36.1 Å². The summed E-state index contributed by atoms with van der Waals surface area (Å²) in [5.41, 5.74) is 0.330. The molecule has 0 amide bonds. The molecule has 0 bridgehead atoms. The van der Waals surface area contributed by atoms with Gasteiger partial charge in [0.2, 0.25) is 0 Å². The van der Waals surface area contributed by atoms with Crippen molar-refractivity contribution in [3.8, 4) is 0 Å². The van der Waals surface area contributed by atoms with Gasteiger partial charge in [0.15, 0.2) is 0 Å². The number of rotatable bonds is 7. The van der Waals surface area contributed by atoms with Crippen molar-refractivity contribution in [3.63, 3.8) is 0 Å². The predicted octanol–water partition coefficient (Wildman–Crippen LogP) is 3.67. The molecule has 18 heavy (non-hydrogen) atoms. The Bertz CT molecular complexity index is 229. The lowest BCUT2D eigenvalue weighted by Gasteiger charge is -2.48. The number of nitrogens with zero attached hydrogens (tertiary/aromatic N) is 1. The molecular weight excluding hydrogens is 220 g/mol. The van der Waals surface area contributed by atoms with Crippen LogP contribution in [0.15, 0.2) is 0 Å². The van der Waals surface area contributed by atoms with Crippen molar-refractivity contribution in [2.45, 2.75) is 78.3 Å². The molecule has 0 aliphatic carbocycles. The standard InChI is InChI=1S/C16H34N2/c1-6-9-10-11-18-13-16(5,8-3)17-12-15(18)14(4)7-2/h14-15,17H,6-13H2,1-5H3. The van der Waals surface area contributed by atoms with Gasteiger partial charge in [0.1, 0.15) is 0 Å². The lowest BCUT2D eigenvalue weighted by molar-refractivity contribution is 0.0537. The van der Waals surface area contributed by atoms with E-state index in [0.717, 1.165) is 12.0 Å². The van der Waals surface area contributed by atoms with E-state index < -0.39 is 0 Å². The Morgan fingerprint density at radius 2 is 2.00 bits per heavy atom. The van der Waals surface area contributed by atoms with Gasteiger partial charge >= 0.3 is 0 Å². The molecule has 2 nitrogen and oxygen atoms in total. The van der Waals surface area contributed by atoms with Gasteiger partial charge < -0.3 is 5.32 Å². The van der Waals surface area contributed by atoms with Gasteiger partial charge in [0, 0.05) is 24.7 Å². The van der Waals surface area contributed by atoms with E-state index in [1.807, 2.05) is 0 Å². The summed E-state index contributed by atoms with van der Waals surface area (Å²) >= 11 is 0. The highest BCUT2D eigenvalue weighted by atomic mass is 15.3. The summed E-state index contributed by atoms with van der Waals surface area (Å²) in [6.07, 6.45) is 6.58. The number of hydrogen-bond donors (Lipinski definition) is 1. The van der Waals surface area contributed by atoms with E-state index in [1.54, 1.807) is 0 Å². The fraction of sp³-hybridized carbons (Fsp3) is 1.00. The van der Waals surface area contributed by atoms with Crippen molar-refractivity contribution in [3.05, 3.63) is 0 Å². The zero-order valence-corrected chi connectivity index (χ0v) is 13.3. The molecule has 2 heteroatoms. The molecule has 0 spiro atoms. The molecule has 1 fully saturated rings. The highest BCUT2D eigenvalue weighted by Gasteiger charge is 2.35. The molecule has 108 valence electrons. The summed E-state index contributed by atoms with van der Waals surface area (Å²) < 4.78 is 0. The van der Waals surface area contributed by atoms with E-state index in [4.69, 9.17) is 0 Å². The molecule has 1 aliphatic rings. The largest absolute Gasteiger partial charge is 0.309 e. The summed E-state index contributed by atoms with van der Waals surface area (Å²) in [7, 11) is 0. The quantitative estimate of drug-likeness (QED) is 0.697. The van der Waals surface area contributed by atoms with Crippen LogP contribution in [0.2, 0.25) is 0 Å². The number of hydrogen-bond acceptors (Lipinski definition) is 2. The molecular formula is C16H34N2. The average molecular weight is 254 g/mol. The van der Waals surface area contributed by atoms with E-state index in [-0.39, 0.29) is 0 Å². The van der Waals surface area contributed by atoms with E-state index in [9.17, 15) is 0 Å². The first-order valence-corrected chi connectivity index (χ1v) is 8.05. The van der Waals surface area contributed by atoms with E-state index in [0.29, 0.717) is 5.54 Å². The first-order chi connectivity index (χ1) is 8.56. The Kier molecular flexibility index (Phi) is 6.65. The molecule has 1 rings (SSSR count). The second kappa shape index (κ2) is 7.49. The van der Waals surface area contributed by atoms with E-state index in [1.165, 1.54) is 51.7 Å². The Balaban J connectivity index is 2.60. The molecule has 1 aliphatic heterocycles. The molecule has 1 saturated heterocycles. The van der Waals surface area contributed by atoms with Crippen molar-refractivity contribution in [1.29, 1.82) is 0 Å². The van der Waals surface area contributed by atoms with Gasteiger partial charge in [-0.15, -0.1) is 0 Å².